The van der Waals surface area contributed by atoms with E-state index in [-0.39, 0.29) is 16.9 Å². The third-order valence-corrected chi connectivity index (χ3v) is 3.90. The molecule has 0 aliphatic heterocycles. The Hall–Kier alpha value is -3.87. The number of carbonyl (C=O) groups excluding carboxylic acids is 1. The molecule has 0 aliphatic rings. The van der Waals surface area contributed by atoms with Gasteiger partial charge in [0.25, 0.3) is 11.6 Å². The van der Waals surface area contributed by atoms with E-state index < -0.39 is 22.5 Å². The number of anilines is 1. The molecule has 28 heavy (non-hydrogen) atoms. The van der Waals surface area contributed by atoms with E-state index in [4.69, 9.17) is 0 Å². The fourth-order valence-corrected chi connectivity index (χ4v) is 2.56. The molecule has 3 aromatic rings. The highest BCUT2D eigenvalue weighted by atomic mass is 19.2. The van der Waals surface area contributed by atoms with Gasteiger partial charge in [-0.05, 0) is 29.3 Å². The van der Waals surface area contributed by atoms with Gasteiger partial charge in [-0.3, -0.25) is 14.9 Å². The Bertz CT molecular complexity index is 1070. The summed E-state index contributed by atoms with van der Waals surface area (Å²) in [7, 11) is 0. The Labute approximate surface area is 159 Å². The molecular weight excluding hydrogens is 366 g/mol. The van der Waals surface area contributed by atoms with Crippen LogP contribution in [0.25, 0.3) is 11.6 Å². The molecule has 0 aromatic heterocycles. The number of amides is 1. The summed E-state index contributed by atoms with van der Waals surface area (Å²) in [6.45, 7) is 0. The molecule has 3 rings (SSSR count). The van der Waals surface area contributed by atoms with Gasteiger partial charge in [-0.1, -0.05) is 42.5 Å². The number of nitrogens with one attached hydrogen (secondary N) is 1. The number of hydrogen-bond donors (Lipinski definition) is 1. The lowest BCUT2D eigenvalue weighted by Gasteiger charge is -2.10. The highest BCUT2D eigenvalue weighted by Crippen LogP contribution is 2.23. The predicted molar refractivity (Wildman–Crippen MR) is 102 cm³/mol. The van der Waals surface area contributed by atoms with Crippen LogP contribution in [0.1, 0.15) is 11.1 Å². The second kappa shape index (κ2) is 8.22. The second-order valence-corrected chi connectivity index (χ2v) is 5.86. The normalized spacial score (nSPS) is 11.1. The van der Waals surface area contributed by atoms with Crippen molar-refractivity contribution in [3.05, 3.63) is 106 Å². The van der Waals surface area contributed by atoms with E-state index in [1.165, 1.54) is 30.3 Å². The molecule has 0 spiro atoms. The lowest BCUT2D eigenvalue weighted by atomic mass is 10.0. The van der Waals surface area contributed by atoms with Crippen molar-refractivity contribution in [2.75, 3.05) is 5.32 Å². The Morgan fingerprint density at radius 1 is 0.929 bits per heavy atom. The van der Waals surface area contributed by atoms with Gasteiger partial charge in [-0.15, -0.1) is 0 Å². The van der Waals surface area contributed by atoms with Crippen LogP contribution in [0.4, 0.5) is 20.2 Å². The molecule has 0 unspecified atom stereocenters. The van der Waals surface area contributed by atoms with E-state index in [1.54, 1.807) is 36.4 Å². The van der Waals surface area contributed by atoms with Crippen LogP contribution in [0.3, 0.4) is 0 Å². The molecule has 0 saturated heterocycles. The predicted octanol–water partition coefficient (Wildman–Crippen LogP) is 5.05. The molecule has 0 saturated carbocycles. The molecular formula is C21H14F2N2O3. The van der Waals surface area contributed by atoms with E-state index in [9.17, 15) is 23.7 Å². The van der Waals surface area contributed by atoms with E-state index in [0.717, 1.165) is 12.1 Å². The lowest BCUT2D eigenvalue weighted by molar-refractivity contribution is -0.384. The molecule has 0 radical (unpaired) electrons. The summed E-state index contributed by atoms with van der Waals surface area (Å²) in [6.07, 6.45) is 1.50. The van der Waals surface area contributed by atoms with Gasteiger partial charge >= 0.3 is 0 Å². The van der Waals surface area contributed by atoms with Crippen molar-refractivity contribution in [2.24, 2.45) is 0 Å². The van der Waals surface area contributed by atoms with Crippen LogP contribution in [-0.2, 0) is 4.79 Å². The van der Waals surface area contributed by atoms with Gasteiger partial charge in [0.05, 0.1) is 4.92 Å². The minimum atomic E-state index is -1.08. The molecule has 0 bridgehead atoms. The van der Waals surface area contributed by atoms with Gasteiger partial charge < -0.3 is 5.32 Å². The maximum Gasteiger partial charge on any atom is 0.270 e. The summed E-state index contributed by atoms with van der Waals surface area (Å²) in [6, 6.07) is 17.5. The van der Waals surface area contributed by atoms with Crippen LogP contribution in [0.2, 0.25) is 0 Å². The third kappa shape index (κ3) is 4.45. The number of nitro groups is 1. The SMILES string of the molecule is O=C(Nc1ccc(F)c(F)c1)/C(=C/c1cccc([N+](=O)[O-])c1)c1ccccc1. The minimum absolute atomic E-state index is 0.0878. The van der Waals surface area contributed by atoms with Crippen LogP contribution >= 0.6 is 0 Å². The van der Waals surface area contributed by atoms with Gasteiger partial charge in [0, 0.05) is 29.5 Å². The van der Waals surface area contributed by atoms with Crippen LogP contribution < -0.4 is 5.32 Å². The topological polar surface area (TPSA) is 72.2 Å². The van der Waals surface area contributed by atoms with Gasteiger partial charge in [-0.25, -0.2) is 8.78 Å². The molecule has 140 valence electrons. The Morgan fingerprint density at radius 3 is 2.36 bits per heavy atom. The number of non-ortho nitro benzene ring substituents is 1. The molecule has 1 amide bonds. The third-order valence-electron chi connectivity index (χ3n) is 3.90. The molecule has 0 heterocycles. The monoisotopic (exact) mass is 380 g/mol. The first-order valence-corrected chi connectivity index (χ1v) is 8.22. The summed E-state index contributed by atoms with van der Waals surface area (Å²) in [4.78, 5) is 23.3. The summed E-state index contributed by atoms with van der Waals surface area (Å²) < 4.78 is 26.5. The first-order valence-electron chi connectivity index (χ1n) is 8.22. The fourth-order valence-electron chi connectivity index (χ4n) is 2.56. The van der Waals surface area contributed by atoms with Crippen molar-refractivity contribution in [3.63, 3.8) is 0 Å². The first-order chi connectivity index (χ1) is 13.4. The maximum atomic E-state index is 13.4. The van der Waals surface area contributed by atoms with Crippen LogP contribution in [-0.4, -0.2) is 10.8 Å². The Morgan fingerprint density at radius 2 is 1.68 bits per heavy atom. The summed E-state index contributed by atoms with van der Waals surface area (Å²) >= 11 is 0. The zero-order valence-electron chi connectivity index (χ0n) is 14.4. The molecule has 0 aliphatic carbocycles. The Kier molecular flexibility index (Phi) is 5.55. The molecule has 0 fully saturated rings. The number of rotatable bonds is 5. The number of nitrogens with zero attached hydrogens (tertiary/aromatic N) is 1. The molecule has 5 nitrogen and oxygen atoms in total. The van der Waals surface area contributed by atoms with Crippen molar-refractivity contribution in [3.8, 4) is 0 Å². The quantitative estimate of drug-likeness (QED) is 0.291. The van der Waals surface area contributed by atoms with Gasteiger partial charge in [0.1, 0.15) is 0 Å². The maximum absolute atomic E-state index is 13.4. The highest BCUT2D eigenvalue weighted by Gasteiger charge is 2.14. The summed E-state index contributed by atoms with van der Waals surface area (Å²) in [5, 5.41) is 13.5. The smallest absolute Gasteiger partial charge is 0.270 e. The summed E-state index contributed by atoms with van der Waals surface area (Å²) in [5.74, 6) is -2.67. The highest BCUT2D eigenvalue weighted by molar-refractivity contribution is 6.29. The average Bonchev–Trinajstić information content (AvgIpc) is 2.69. The first kappa shape index (κ1) is 18.9. The van der Waals surface area contributed by atoms with Crippen molar-refractivity contribution in [2.45, 2.75) is 0 Å². The van der Waals surface area contributed by atoms with Crippen molar-refractivity contribution in [1.82, 2.24) is 0 Å². The van der Waals surface area contributed by atoms with E-state index >= 15 is 0 Å². The van der Waals surface area contributed by atoms with Crippen LogP contribution in [0.5, 0.6) is 0 Å². The largest absolute Gasteiger partial charge is 0.322 e. The van der Waals surface area contributed by atoms with Crippen LogP contribution in [0.15, 0.2) is 72.8 Å². The fraction of sp³-hybridized carbons (Fsp3) is 0. The van der Waals surface area contributed by atoms with E-state index in [1.807, 2.05) is 0 Å². The molecule has 0 atom stereocenters. The molecule has 1 N–H and O–H groups in total. The lowest BCUT2D eigenvalue weighted by Crippen LogP contribution is -2.14. The minimum Gasteiger partial charge on any atom is -0.322 e. The number of nitro benzene ring substituents is 1. The number of carbonyl (C=O) groups is 1. The van der Waals surface area contributed by atoms with Gasteiger partial charge in [-0.2, -0.15) is 0 Å². The van der Waals surface area contributed by atoms with Crippen LogP contribution in [0, 0.1) is 21.7 Å². The Balaban J connectivity index is 1.99. The van der Waals surface area contributed by atoms with E-state index in [0.29, 0.717) is 11.1 Å². The second-order valence-electron chi connectivity index (χ2n) is 5.86. The number of benzene rings is 3. The van der Waals surface area contributed by atoms with Crippen molar-refractivity contribution in [1.29, 1.82) is 0 Å². The van der Waals surface area contributed by atoms with Gasteiger partial charge in [0.15, 0.2) is 11.6 Å². The zero-order valence-corrected chi connectivity index (χ0v) is 14.4. The van der Waals surface area contributed by atoms with Crippen molar-refractivity contribution < 1.29 is 18.5 Å². The van der Waals surface area contributed by atoms with Crippen molar-refractivity contribution >= 4 is 28.9 Å². The van der Waals surface area contributed by atoms with E-state index in [2.05, 4.69) is 5.32 Å². The standard InChI is InChI=1S/C21H14F2N2O3/c22-19-10-9-16(13-20(19)23)24-21(26)18(15-6-2-1-3-7-15)12-14-5-4-8-17(11-14)25(27)28/h1-13H,(H,24,26)/b18-12+. The zero-order chi connectivity index (χ0) is 20.1. The number of halogens is 2. The van der Waals surface area contributed by atoms with Gasteiger partial charge in [0.2, 0.25) is 0 Å². The molecule has 3 aromatic carbocycles. The summed E-state index contributed by atoms with van der Waals surface area (Å²) in [5.41, 5.74) is 1.21. The number of hydrogen-bond acceptors (Lipinski definition) is 3. The average molecular weight is 380 g/mol. The molecule has 7 heteroatoms.